The molecule has 146 valence electrons. The Balaban J connectivity index is 1.97. The molecule has 0 saturated carbocycles. The zero-order chi connectivity index (χ0) is 19.5. The van der Waals surface area contributed by atoms with Crippen molar-refractivity contribution >= 4 is 39.1 Å². The van der Waals surface area contributed by atoms with Crippen LogP contribution in [0.2, 0.25) is 10.0 Å². The normalized spacial score (nSPS) is 17.3. The number of nitrogens with one attached hydrogen (secondary N) is 2. The van der Waals surface area contributed by atoms with Crippen LogP contribution in [0.5, 0.6) is 0 Å². The topological polar surface area (TPSA) is 70.9 Å². The van der Waals surface area contributed by atoms with Gasteiger partial charge in [-0.05, 0) is 38.5 Å². The summed E-state index contributed by atoms with van der Waals surface area (Å²) in [4.78, 5) is 13.3. The number of hydrogen-bond acceptors (Lipinski definition) is 3. The first-order chi connectivity index (χ1) is 12.0. The van der Waals surface area contributed by atoms with Gasteiger partial charge in [-0.25, -0.2) is 8.42 Å². The molecule has 6 nitrogen and oxygen atoms in total. The fourth-order valence-electron chi connectivity index (χ4n) is 2.77. The van der Waals surface area contributed by atoms with Crippen LogP contribution in [0.1, 0.15) is 27.2 Å². The summed E-state index contributed by atoms with van der Waals surface area (Å²) in [6, 6.07) is 4.41. The van der Waals surface area contributed by atoms with Crippen LogP contribution in [-0.4, -0.2) is 56.9 Å². The first kappa shape index (κ1) is 21.4. The minimum absolute atomic E-state index is 0.0129. The summed E-state index contributed by atoms with van der Waals surface area (Å²) in [7, 11) is -3.70. The Morgan fingerprint density at radius 3 is 2.46 bits per heavy atom. The number of carbonyl (C=O) groups excluding carboxylic acids is 1. The van der Waals surface area contributed by atoms with Crippen molar-refractivity contribution in [3.8, 4) is 0 Å². The molecule has 9 heteroatoms. The van der Waals surface area contributed by atoms with Crippen molar-refractivity contribution in [2.75, 3.05) is 32.7 Å². The van der Waals surface area contributed by atoms with Gasteiger partial charge in [-0.1, -0.05) is 30.1 Å². The molecule has 1 amide bonds. The van der Waals surface area contributed by atoms with Crippen LogP contribution in [0.25, 0.3) is 0 Å². The lowest BCUT2D eigenvalue weighted by atomic mass is 10.0. The van der Waals surface area contributed by atoms with E-state index in [0.29, 0.717) is 37.7 Å². The van der Waals surface area contributed by atoms with E-state index in [1.54, 1.807) is 6.07 Å². The molecule has 2 rings (SSSR count). The van der Waals surface area contributed by atoms with Crippen molar-refractivity contribution in [3.63, 3.8) is 0 Å². The predicted octanol–water partition coefficient (Wildman–Crippen LogP) is 1.19. The van der Waals surface area contributed by atoms with Gasteiger partial charge in [0.25, 0.3) is 5.91 Å². The average molecular weight is 423 g/mol. The molecule has 1 heterocycles. The number of piperazine rings is 1. The highest BCUT2D eigenvalue weighted by Gasteiger charge is 2.33. The summed E-state index contributed by atoms with van der Waals surface area (Å²) in [5.74, 6) is -0.0129. The lowest BCUT2D eigenvalue weighted by Gasteiger charge is -2.32. The molecular weight excluding hydrogens is 397 g/mol. The van der Waals surface area contributed by atoms with E-state index in [1.807, 2.05) is 20.8 Å². The highest BCUT2D eigenvalue weighted by Crippen LogP contribution is 2.27. The molecular formula is C17H26Cl2N3O3S+. The van der Waals surface area contributed by atoms with E-state index in [1.165, 1.54) is 16.4 Å². The summed E-state index contributed by atoms with van der Waals surface area (Å²) >= 11 is 12.0. The smallest absolute Gasteiger partial charge is 0.275 e. The number of halogens is 2. The van der Waals surface area contributed by atoms with Gasteiger partial charge in [0, 0.05) is 10.6 Å². The standard InChI is InChI=1S/C17H25Cl2N3O3S/c1-4-17(2,3)20-16(23)12-21-7-9-22(10-8-21)26(24,25)15-11-13(18)5-6-14(15)19/h5-6,11H,4,7-10,12H2,1-3H3,(H,20,23)/p+1. The molecule has 1 aliphatic heterocycles. The minimum atomic E-state index is -3.70. The Hall–Kier alpha value is -0.860. The van der Waals surface area contributed by atoms with Crippen LogP contribution in [-0.2, 0) is 14.8 Å². The van der Waals surface area contributed by atoms with Gasteiger partial charge in [0.15, 0.2) is 6.54 Å². The van der Waals surface area contributed by atoms with Gasteiger partial charge in [-0.3, -0.25) is 4.79 Å². The largest absolute Gasteiger partial charge is 0.346 e. The van der Waals surface area contributed by atoms with Crippen LogP contribution in [0.4, 0.5) is 0 Å². The predicted molar refractivity (Wildman–Crippen MR) is 103 cm³/mol. The molecule has 0 aliphatic carbocycles. The first-order valence-electron chi connectivity index (χ1n) is 8.65. The number of benzene rings is 1. The summed E-state index contributed by atoms with van der Waals surface area (Å²) in [6.07, 6.45) is 0.848. The SMILES string of the molecule is CCC(C)(C)NC(=O)C[NH+]1CCN(S(=O)(=O)c2cc(Cl)ccc2Cl)CC1. The summed E-state index contributed by atoms with van der Waals surface area (Å²) in [5.41, 5.74) is -0.231. The van der Waals surface area contributed by atoms with Crippen molar-refractivity contribution in [2.24, 2.45) is 0 Å². The molecule has 2 N–H and O–H groups in total. The van der Waals surface area contributed by atoms with Crippen molar-refractivity contribution < 1.29 is 18.1 Å². The Labute approximate surface area is 165 Å². The molecule has 0 radical (unpaired) electrons. The number of nitrogens with zero attached hydrogens (tertiary/aromatic N) is 1. The Morgan fingerprint density at radius 2 is 1.88 bits per heavy atom. The molecule has 1 aliphatic rings. The van der Waals surface area contributed by atoms with E-state index in [2.05, 4.69) is 5.32 Å². The fraction of sp³-hybridized carbons (Fsp3) is 0.588. The third kappa shape index (κ3) is 5.33. The van der Waals surface area contributed by atoms with Crippen molar-refractivity contribution in [2.45, 2.75) is 37.6 Å². The summed E-state index contributed by atoms with van der Waals surface area (Å²) in [6.45, 7) is 8.15. The van der Waals surface area contributed by atoms with Gasteiger partial charge >= 0.3 is 0 Å². The van der Waals surface area contributed by atoms with Gasteiger partial charge in [0.1, 0.15) is 4.90 Å². The van der Waals surface area contributed by atoms with Crippen LogP contribution in [0.15, 0.2) is 23.1 Å². The molecule has 0 unspecified atom stereocenters. The van der Waals surface area contributed by atoms with Gasteiger partial charge in [0.05, 0.1) is 31.2 Å². The van der Waals surface area contributed by atoms with Crippen LogP contribution < -0.4 is 10.2 Å². The second-order valence-corrected chi connectivity index (χ2v) is 9.94. The Bertz CT molecular complexity index is 761. The average Bonchev–Trinajstić information content (AvgIpc) is 2.57. The van der Waals surface area contributed by atoms with Crippen molar-refractivity contribution in [3.05, 3.63) is 28.2 Å². The number of carbonyl (C=O) groups is 1. The van der Waals surface area contributed by atoms with Crippen molar-refractivity contribution in [1.29, 1.82) is 0 Å². The monoisotopic (exact) mass is 422 g/mol. The number of amides is 1. The number of rotatable bonds is 6. The highest BCUT2D eigenvalue weighted by molar-refractivity contribution is 7.89. The van der Waals surface area contributed by atoms with E-state index in [4.69, 9.17) is 23.2 Å². The molecule has 1 aromatic rings. The van der Waals surface area contributed by atoms with Crippen LogP contribution in [0.3, 0.4) is 0 Å². The Morgan fingerprint density at radius 1 is 1.27 bits per heavy atom. The first-order valence-corrected chi connectivity index (χ1v) is 10.8. The third-order valence-electron chi connectivity index (χ3n) is 4.71. The quantitative estimate of drug-likeness (QED) is 0.722. The molecule has 1 aromatic carbocycles. The van der Waals surface area contributed by atoms with Gasteiger partial charge in [0.2, 0.25) is 10.0 Å². The summed E-state index contributed by atoms with van der Waals surface area (Å²) in [5, 5.41) is 3.49. The lowest BCUT2D eigenvalue weighted by Crippen LogP contribution is -3.16. The van der Waals surface area contributed by atoms with Crippen molar-refractivity contribution in [1.82, 2.24) is 9.62 Å². The van der Waals surface area contributed by atoms with E-state index in [0.717, 1.165) is 11.3 Å². The third-order valence-corrected chi connectivity index (χ3v) is 7.33. The van der Waals surface area contributed by atoms with Crippen LogP contribution >= 0.6 is 23.2 Å². The summed E-state index contributed by atoms with van der Waals surface area (Å²) < 4.78 is 27.0. The number of sulfonamides is 1. The van der Waals surface area contributed by atoms with Gasteiger partial charge in [-0.2, -0.15) is 4.31 Å². The maximum atomic E-state index is 12.8. The van der Waals surface area contributed by atoms with E-state index < -0.39 is 10.0 Å². The highest BCUT2D eigenvalue weighted by atomic mass is 35.5. The van der Waals surface area contributed by atoms with Gasteiger partial charge in [-0.15, -0.1) is 0 Å². The molecule has 0 atom stereocenters. The van der Waals surface area contributed by atoms with E-state index >= 15 is 0 Å². The fourth-order valence-corrected chi connectivity index (χ4v) is 4.95. The van der Waals surface area contributed by atoms with Crippen LogP contribution in [0, 0.1) is 0 Å². The zero-order valence-electron chi connectivity index (χ0n) is 15.3. The molecule has 0 bridgehead atoms. The minimum Gasteiger partial charge on any atom is -0.346 e. The maximum Gasteiger partial charge on any atom is 0.275 e. The van der Waals surface area contributed by atoms with E-state index in [-0.39, 0.29) is 21.4 Å². The molecule has 1 fully saturated rings. The molecule has 0 spiro atoms. The maximum absolute atomic E-state index is 12.8. The molecule has 0 aromatic heterocycles. The second-order valence-electron chi connectivity index (χ2n) is 7.19. The van der Waals surface area contributed by atoms with Gasteiger partial charge < -0.3 is 10.2 Å². The number of hydrogen-bond donors (Lipinski definition) is 2. The number of quaternary nitrogens is 1. The Kier molecular flexibility index (Phi) is 6.96. The lowest BCUT2D eigenvalue weighted by molar-refractivity contribution is -0.895. The molecule has 1 saturated heterocycles. The molecule has 26 heavy (non-hydrogen) atoms. The zero-order valence-corrected chi connectivity index (χ0v) is 17.6. The second kappa shape index (κ2) is 8.44. The van der Waals surface area contributed by atoms with E-state index in [9.17, 15) is 13.2 Å².